The molecule has 1 aromatic carbocycles. The lowest BCUT2D eigenvalue weighted by atomic mass is 10.1. The number of halogens is 3. The molecular weight excluding hydrogens is 348 g/mol. The van der Waals surface area contributed by atoms with Crippen LogP contribution in [0.15, 0.2) is 24.5 Å². The second-order valence-corrected chi connectivity index (χ2v) is 6.34. The number of aromatic nitrogens is 2. The van der Waals surface area contributed by atoms with E-state index in [1.54, 1.807) is 7.05 Å². The van der Waals surface area contributed by atoms with Crippen molar-refractivity contribution in [1.29, 1.82) is 0 Å². The summed E-state index contributed by atoms with van der Waals surface area (Å²) in [5, 5.41) is 3.42. The smallest absolute Gasteiger partial charge is 0.157 e. The number of nitrogens with one attached hydrogen (secondary N) is 1. The average Bonchev–Trinajstić information content (AvgIpc) is 2.61. The first-order valence-corrected chi connectivity index (χ1v) is 8.51. The predicted molar refractivity (Wildman–Crippen MR) is 95.1 cm³/mol. The lowest BCUT2D eigenvalue weighted by Crippen LogP contribution is -2.47. The highest BCUT2D eigenvalue weighted by Crippen LogP contribution is 2.31. The molecule has 2 heterocycles. The molecule has 0 spiro atoms. The molecule has 2 aromatic rings. The van der Waals surface area contributed by atoms with E-state index in [2.05, 4.69) is 25.1 Å². The van der Waals surface area contributed by atoms with Gasteiger partial charge in [-0.3, -0.25) is 4.90 Å². The van der Waals surface area contributed by atoms with Gasteiger partial charge < -0.3 is 10.2 Å². The first-order valence-electron chi connectivity index (χ1n) is 8.13. The van der Waals surface area contributed by atoms with E-state index < -0.39 is 11.6 Å². The van der Waals surface area contributed by atoms with E-state index in [1.165, 1.54) is 18.5 Å². The number of hydrogen-bond donors (Lipinski definition) is 1. The van der Waals surface area contributed by atoms with Gasteiger partial charge in [-0.25, -0.2) is 18.7 Å². The van der Waals surface area contributed by atoms with Gasteiger partial charge in [-0.05, 0) is 13.0 Å². The van der Waals surface area contributed by atoms with E-state index in [0.717, 1.165) is 38.1 Å². The monoisotopic (exact) mass is 367 g/mol. The molecule has 0 aliphatic carbocycles. The standard InChI is InChI=1S/C17H20ClF2N5/c1-11(13-4-3-12(19)9-14(13)20)24-5-7-25(8-6-24)17-15(21-2)16(18)22-10-23-17/h3-4,9-11,21H,5-8H2,1-2H3. The Kier molecular flexibility index (Phi) is 5.34. The second kappa shape index (κ2) is 7.49. The maximum Gasteiger partial charge on any atom is 0.157 e. The van der Waals surface area contributed by atoms with Crippen LogP contribution < -0.4 is 10.2 Å². The topological polar surface area (TPSA) is 44.3 Å². The van der Waals surface area contributed by atoms with Crippen LogP contribution in [0.4, 0.5) is 20.3 Å². The summed E-state index contributed by atoms with van der Waals surface area (Å²) < 4.78 is 27.1. The Morgan fingerprint density at radius 1 is 1.16 bits per heavy atom. The Morgan fingerprint density at radius 2 is 1.88 bits per heavy atom. The van der Waals surface area contributed by atoms with Crippen molar-refractivity contribution in [3.8, 4) is 0 Å². The van der Waals surface area contributed by atoms with Crippen molar-refractivity contribution in [3.63, 3.8) is 0 Å². The first-order chi connectivity index (χ1) is 12.0. The van der Waals surface area contributed by atoms with Crippen molar-refractivity contribution >= 4 is 23.1 Å². The van der Waals surface area contributed by atoms with Gasteiger partial charge in [0.15, 0.2) is 11.0 Å². The molecule has 0 radical (unpaired) electrons. The molecule has 0 bridgehead atoms. The van der Waals surface area contributed by atoms with Crippen molar-refractivity contribution in [2.24, 2.45) is 0 Å². The lowest BCUT2D eigenvalue weighted by molar-refractivity contribution is 0.194. The Balaban J connectivity index is 1.71. The minimum absolute atomic E-state index is 0.125. The summed E-state index contributed by atoms with van der Waals surface area (Å²) in [6.07, 6.45) is 1.45. The van der Waals surface area contributed by atoms with Crippen molar-refractivity contribution in [3.05, 3.63) is 46.9 Å². The summed E-state index contributed by atoms with van der Waals surface area (Å²) in [4.78, 5) is 12.6. The average molecular weight is 368 g/mol. The van der Waals surface area contributed by atoms with Gasteiger partial charge in [0.2, 0.25) is 0 Å². The molecule has 8 heteroatoms. The predicted octanol–water partition coefficient (Wildman–Crippen LogP) is 3.33. The molecule has 5 nitrogen and oxygen atoms in total. The number of nitrogens with zero attached hydrogens (tertiary/aromatic N) is 4. The molecule has 1 saturated heterocycles. The van der Waals surface area contributed by atoms with Gasteiger partial charge in [-0.2, -0.15) is 0 Å². The quantitative estimate of drug-likeness (QED) is 0.840. The molecule has 25 heavy (non-hydrogen) atoms. The van der Waals surface area contributed by atoms with Crippen LogP contribution in [0.3, 0.4) is 0 Å². The number of hydrogen-bond acceptors (Lipinski definition) is 5. The van der Waals surface area contributed by atoms with Crippen LogP contribution in [0, 0.1) is 11.6 Å². The van der Waals surface area contributed by atoms with E-state index in [1.807, 2.05) is 6.92 Å². The summed E-state index contributed by atoms with van der Waals surface area (Å²) in [5.41, 5.74) is 1.21. The number of benzene rings is 1. The van der Waals surface area contributed by atoms with Crippen LogP contribution in [-0.4, -0.2) is 48.1 Å². The van der Waals surface area contributed by atoms with E-state index in [4.69, 9.17) is 11.6 Å². The zero-order chi connectivity index (χ0) is 18.0. The van der Waals surface area contributed by atoms with Crippen LogP contribution in [-0.2, 0) is 0 Å². The van der Waals surface area contributed by atoms with E-state index in [9.17, 15) is 8.78 Å². The molecular formula is C17H20ClF2N5. The molecule has 0 saturated carbocycles. The molecule has 1 atom stereocenters. The molecule has 1 aromatic heterocycles. The van der Waals surface area contributed by atoms with Crippen molar-refractivity contribution in [2.45, 2.75) is 13.0 Å². The minimum Gasteiger partial charge on any atom is -0.383 e. The van der Waals surface area contributed by atoms with Crippen LogP contribution in [0.2, 0.25) is 5.15 Å². The zero-order valence-corrected chi connectivity index (χ0v) is 14.9. The molecule has 1 N–H and O–H groups in total. The van der Waals surface area contributed by atoms with E-state index in [0.29, 0.717) is 16.4 Å². The van der Waals surface area contributed by atoms with Crippen molar-refractivity contribution < 1.29 is 8.78 Å². The SMILES string of the molecule is CNc1c(Cl)ncnc1N1CCN(C(C)c2ccc(F)cc2F)CC1. The molecule has 1 aliphatic rings. The molecule has 1 unspecified atom stereocenters. The molecule has 1 aliphatic heterocycles. The Labute approximate surface area is 150 Å². The van der Waals surface area contributed by atoms with Gasteiger partial charge in [0.25, 0.3) is 0 Å². The van der Waals surface area contributed by atoms with Gasteiger partial charge in [-0.15, -0.1) is 0 Å². The normalized spacial score (nSPS) is 16.8. The molecule has 134 valence electrons. The van der Waals surface area contributed by atoms with E-state index >= 15 is 0 Å². The third-order valence-electron chi connectivity index (χ3n) is 4.61. The van der Waals surface area contributed by atoms with Crippen LogP contribution in [0.1, 0.15) is 18.5 Å². The molecule has 1 fully saturated rings. The Hall–Kier alpha value is -1.99. The minimum atomic E-state index is -0.557. The fourth-order valence-corrected chi connectivity index (χ4v) is 3.39. The summed E-state index contributed by atoms with van der Waals surface area (Å²) in [7, 11) is 1.78. The molecule has 0 amide bonds. The highest BCUT2D eigenvalue weighted by molar-refractivity contribution is 6.32. The zero-order valence-electron chi connectivity index (χ0n) is 14.1. The van der Waals surface area contributed by atoms with Gasteiger partial charge in [0.05, 0.1) is 0 Å². The van der Waals surface area contributed by atoms with Crippen molar-refractivity contribution in [1.82, 2.24) is 14.9 Å². The highest BCUT2D eigenvalue weighted by Gasteiger charge is 2.26. The summed E-state index contributed by atoms with van der Waals surface area (Å²) in [5.74, 6) is -0.295. The van der Waals surface area contributed by atoms with E-state index in [-0.39, 0.29) is 6.04 Å². The largest absolute Gasteiger partial charge is 0.383 e. The highest BCUT2D eigenvalue weighted by atomic mass is 35.5. The lowest BCUT2D eigenvalue weighted by Gasteiger charge is -2.39. The Morgan fingerprint density at radius 3 is 2.52 bits per heavy atom. The van der Waals surface area contributed by atoms with Gasteiger partial charge in [-0.1, -0.05) is 17.7 Å². The third kappa shape index (κ3) is 3.67. The molecule has 3 rings (SSSR count). The number of anilines is 2. The number of piperazine rings is 1. The maximum atomic E-state index is 14.0. The van der Waals surface area contributed by atoms with Gasteiger partial charge in [0, 0.05) is 50.9 Å². The second-order valence-electron chi connectivity index (χ2n) is 5.98. The Bertz CT molecular complexity index is 750. The van der Waals surface area contributed by atoms with Crippen LogP contribution >= 0.6 is 11.6 Å². The fourth-order valence-electron chi connectivity index (χ4n) is 3.17. The van der Waals surface area contributed by atoms with Crippen molar-refractivity contribution in [2.75, 3.05) is 43.4 Å². The summed E-state index contributed by atoms with van der Waals surface area (Å²) >= 11 is 6.12. The van der Waals surface area contributed by atoms with Gasteiger partial charge >= 0.3 is 0 Å². The fraction of sp³-hybridized carbons (Fsp3) is 0.412. The van der Waals surface area contributed by atoms with Gasteiger partial charge in [0.1, 0.15) is 23.6 Å². The number of rotatable bonds is 4. The van der Waals surface area contributed by atoms with Crippen LogP contribution in [0.5, 0.6) is 0 Å². The first kappa shape index (κ1) is 17.8. The maximum absolute atomic E-state index is 14.0. The summed E-state index contributed by atoms with van der Waals surface area (Å²) in [6.45, 7) is 4.88. The summed E-state index contributed by atoms with van der Waals surface area (Å²) in [6, 6.07) is 3.63. The van der Waals surface area contributed by atoms with Crippen LogP contribution in [0.25, 0.3) is 0 Å². The third-order valence-corrected chi connectivity index (χ3v) is 4.89.